The Morgan fingerprint density at radius 3 is 3.00 bits per heavy atom. The van der Waals surface area contributed by atoms with E-state index in [1.165, 1.54) is 0 Å². The van der Waals surface area contributed by atoms with Crippen LogP contribution >= 0.6 is 15.9 Å². The van der Waals surface area contributed by atoms with Gasteiger partial charge in [0, 0.05) is 30.3 Å². The van der Waals surface area contributed by atoms with Gasteiger partial charge in [0.25, 0.3) is 0 Å². The number of rotatable bonds is 6. The van der Waals surface area contributed by atoms with Crippen molar-refractivity contribution in [2.24, 2.45) is 0 Å². The molecule has 1 rings (SSSR count). The minimum absolute atomic E-state index is 0.0288. The molecule has 17 heavy (non-hydrogen) atoms. The largest absolute Gasteiger partial charge is 0.382 e. The second-order valence-electron chi connectivity index (χ2n) is 3.67. The van der Waals surface area contributed by atoms with Crippen LogP contribution in [0.1, 0.15) is 25.3 Å². The standard InChI is InChI=1S/C12H17BrN2O2/c1-3-17-6-4-5-12(16)15-11-7-9(2)10(13)8-14-11/h7-8H,3-6H2,1-2H3,(H,14,15,16). The van der Waals surface area contributed by atoms with Gasteiger partial charge >= 0.3 is 0 Å². The third-order valence-corrected chi connectivity index (χ3v) is 3.04. The van der Waals surface area contributed by atoms with Crippen LogP contribution in [0.3, 0.4) is 0 Å². The maximum absolute atomic E-state index is 11.6. The number of hydrogen-bond acceptors (Lipinski definition) is 3. The molecule has 0 spiro atoms. The number of ether oxygens (including phenoxy) is 1. The van der Waals surface area contributed by atoms with E-state index >= 15 is 0 Å². The van der Waals surface area contributed by atoms with E-state index < -0.39 is 0 Å². The third-order valence-electron chi connectivity index (χ3n) is 2.21. The summed E-state index contributed by atoms with van der Waals surface area (Å²) < 4.78 is 6.10. The van der Waals surface area contributed by atoms with E-state index in [2.05, 4.69) is 26.2 Å². The molecular formula is C12H17BrN2O2. The first-order chi connectivity index (χ1) is 8.13. The van der Waals surface area contributed by atoms with E-state index in [4.69, 9.17) is 4.74 Å². The number of anilines is 1. The minimum Gasteiger partial charge on any atom is -0.382 e. The van der Waals surface area contributed by atoms with Crippen molar-refractivity contribution in [3.8, 4) is 0 Å². The number of hydrogen-bond donors (Lipinski definition) is 1. The zero-order valence-electron chi connectivity index (χ0n) is 10.1. The lowest BCUT2D eigenvalue weighted by Gasteiger charge is -2.06. The monoisotopic (exact) mass is 300 g/mol. The van der Waals surface area contributed by atoms with E-state index in [1.807, 2.05) is 19.9 Å². The summed E-state index contributed by atoms with van der Waals surface area (Å²) in [5.74, 6) is 0.561. The smallest absolute Gasteiger partial charge is 0.225 e. The van der Waals surface area contributed by atoms with Crippen molar-refractivity contribution >= 4 is 27.7 Å². The van der Waals surface area contributed by atoms with E-state index in [0.29, 0.717) is 25.5 Å². The Kier molecular flexibility index (Phi) is 6.15. The normalized spacial score (nSPS) is 10.3. The summed E-state index contributed by atoms with van der Waals surface area (Å²) in [6.45, 7) is 5.21. The lowest BCUT2D eigenvalue weighted by Crippen LogP contribution is -2.13. The molecule has 4 nitrogen and oxygen atoms in total. The van der Waals surface area contributed by atoms with Crippen LogP contribution in [0.2, 0.25) is 0 Å². The lowest BCUT2D eigenvalue weighted by atomic mass is 10.3. The summed E-state index contributed by atoms with van der Waals surface area (Å²) in [6, 6.07) is 1.84. The summed E-state index contributed by atoms with van der Waals surface area (Å²) in [6.07, 6.45) is 2.87. The SMILES string of the molecule is CCOCCCC(=O)Nc1cc(C)c(Br)cn1. The Bertz CT molecular complexity index is 383. The van der Waals surface area contributed by atoms with Crippen molar-refractivity contribution in [2.75, 3.05) is 18.5 Å². The van der Waals surface area contributed by atoms with Crippen molar-refractivity contribution in [3.05, 3.63) is 22.3 Å². The minimum atomic E-state index is -0.0288. The fourth-order valence-electron chi connectivity index (χ4n) is 1.29. The molecule has 0 fully saturated rings. The average molecular weight is 301 g/mol. The molecule has 0 aliphatic heterocycles. The van der Waals surface area contributed by atoms with Crippen LogP contribution < -0.4 is 5.32 Å². The summed E-state index contributed by atoms with van der Waals surface area (Å²) in [5, 5.41) is 2.76. The molecule has 0 aromatic carbocycles. The van der Waals surface area contributed by atoms with E-state index in [-0.39, 0.29) is 5.91 Å². The van der Waals surface area contributed by atoms with Crippen molar-refractivity contribution in [3.63, 3.8) is 0 Å². The first-order valence-corrected chi connectivity index (χ1v) is 6.42. The molecule has 1 heterocycles. The molecule has 1 N–H and O–H groups in total. The van der Waals surface area contributed by atoms with Gasteiger partial charge in [-0.05, 0) is 47.8 Å². The molecule has 0 unspecified atom stereocenters. The van der Waals surface area contributed by atoms with Gasteiger partial charge in [-0.15, -0.1) is 0 Å². The van der Waals surface area contributed by atoms with Gasteiger partial charge in [-0.2, -0.15) is 0 Å². The molecule has 0 radical (unpaired) electrons. The Balaban J connectivity index is 2.37. The van der Waals surface area contributed by atoms with Gasteiger partial charge in [0.15, 0.2) is 0 Å². The molecule has 0 aliphatic carbocycles. The molecule has 0 atom stereocenters. The highest BCUT2D eigenvalue weighted by atomic mass is 79.9. The Hall–Kier alpha value is -0.940. The maximum Gasteiger partial charge on any atom is 0.225 e. The lowest BCUT2D eigenvalue weighted by molar-refractivity contribution is -0.116. The van der Waals surface area contributed by atoms with Gasteiger partial charge in [0.1, 0.15) is 5.82 Å². The van der Waals surface area contributed by atoms with Crippen LogP contribution in [0.25, 0.3) is 0 Å². The first-order valence-electron chi connectivity index (χ1n) is 5.63. The predicted octanol–water partition coefficient (Wildman–Crippen LogP) is 2.91. The molecule has 0 aliphatic rings. The number of carbonyl (C=O) groups excluding carboxylic acids is 1. The third kappa shape index (κ3) is 5.28. The number of nitrogens with one attached hydrogen (secondary N) is 1. The van der Waals surface area contributed by atoms with Crippen LogP contribution in [-0.2, 0) is 9.53 Å². The van der Waals surface area contributed by atoms with Crippen molar-refractivity contribution in [2.45, 2.75) is 26.7 Å². The molecular weight excluding hydrogens is 284 g/mol. The zero-order valence-corrected chi connectivity index (χ0v) is 11.7. The molecule has 0 saturated heterocycles. The van der Waals surface area contributed by atoms with Crippen LogP contribution in [0.5, 0.6) is 0 Å². The van der Waals surface area contributed by atoms with Gasteiger partial charge in [-0.1, -0.05) is 0 Å². The topological polar surface area (TPSA) is 51.2 Å². The Morgan fingerprint density at radius 2 is 2.35 bits per heavy atom. The van der Waals surface area contributed by atoms with Crippen molar-refractivity contribution < 1.29 is 9.53 Å². The summed E-state index contributed by atoms with van der Waals surface area (Å²) in [7, 11) is 0. The van der Waals surface area contributed by atoms with E-state index in [1.54, 1.807) is 6.20 Å². The number of aryl methyl sites for hydroxylation is 1. The zero-order chi connectivity index (χ0) is 12.7. The molecule has 94 valence electrons. The second-order valence-corrected chi connectivity index (χ2v) is 4.52. The molecule has 1 aromatic heterocycles. The van der Waals surface area contributed by atoms with Gasteiger partial charge < -0.3 is 10.1 Å². The molecule has 1 aromatic rings. The summed E-state index contributed by atoms with van der Waals surface area (Å²) >= 11 is 3.36. The highest BCUT2D eigenvalue weighted by Gasteiger charge is 2.04. The van der Waals surface area contributed by atoms with Crippen molar-refractivity contribution in [1.29, 1.82) is 0 Å². The number of carbonyl (C=O) groups is 1. The number of nitrogens with zero attached hydrogens (tertiary/aromatic N) is 1. The highest BCUT2D eigenvalue weighted by molar-refractivity contribution is 9.10. The number of aromatic nitrogens is 1. The van der Waals surface area contributed by atoms with Gasteiger partial charge in [-0.25, -0.2) is 4.98 Å². The van der Waals surface area contributed by atoms with Crippen LogP contribution in [-0.4, -0.2) is 24.1 Å². The number of halogens is 1. The molecule has 0 bridgehead atoms. The van der Waals surface area contributed by atoms with Crippen molar-refractivity contribution in [1.82, 2.24) is 4.98 Å². The predicted molar refractivity (Wildman–Crippen MR) is 71.0 cm³/mol. The van der Waals surface area contributed by atoms with Crippen LogP contribution in [0.4, 0.5) is 5.82 Å². The Labute approximate surface area is 110 Å². The summed E-state index contributed by atoms with van der Waals surface area (Å²) in [4.78, 5) is 15.7. The molecule has 0 saturated carbocycles. The quantitative estimate of drug-likeness (QED) is 0.822. The van der Waals surface area contributed by atoms with Crippen LogP contribution in [0, 0.1) is 6.92 Å². The van der Waals surface area contributed by atoms with E-state index in [9.17, 15) is 4.79 Å². The summed E-state index contributed by atoms with van der Waals surface area (Å²) in [5.41, 5.74) is 1.05. The molecule has 1 amide bonds. The number of pyridine rings is 1. The van der Waals surface area contributed by atoms with Gasteiger partial charge in [-0.3, -0.25) is 4.79 Å². The number of amides is 1. The second kappa shape index (κ2) is 7.40. The van der Waals surface area contributed by atoms with Gasteiger partial charge in [0.05, 0.1) is 0 Å². The average Bonchev–Trinajstić information content (AvgIpc) is 2.30. The van der Waals surface area contributed by atoms with E-state index in [0.717, 1.165) is 16.5 Å². The maximum atomic E-state index is 11.6. The molecule has 5 heteroatoms. The Morgan fingerprint density at radius 1 is 1.59 bits per heavy atom. The fraction of sp³-hybridized carbons (Fsp3) is 0.500. The van der Waals surface area contributed by atoms with Crippen LogP contribution in [0.15, 0.2) is 16.7 Å². The van der Waals surface area contributed by atoms with Gasteiger partial charge in [0.2, 0.25) is 5.91 Å². The fourth-order valence-corrected chi connectivity index (χ4v) is 1.51. The highest BCUT2D eigenvalue weighted by Crippen LogP contribution is 2.17. The first kappa shape index (κ1) is 14.1.